The van der Waals surface area contributed by atoms with E-state index in [4.69, 9.17) is 45.8 Å². The van der Waals surface area contributed by atoms with Crippen LogP contribution in [0.25, 0.3) is 0 Å². The summed E-state index contributed by atoms with van der Waals surface area (Å²) in [6, 6.07) is 1.65. The number of alkyl carbamates (subject to hydrolysis) is 1. The number of halogens is 1. The lowest BCUT2D eigenvalue weighted by Gasteiger charge is -2.40. The zero-order valence-corrected chi connectivity index (χ0v) is 44.5. The number of epoxide rings is 1. The van der Waals surface area contributed by atoms with Gasteiger partial charge in [0.2, 0.25) is 17.7 Å². The summed E-state index contributed by atoms with van der Waals surface area (Å²) in [6.07, 6.45) is 7.11. The summed E-state index contributed by atoms with van der Waals surface area (Å²) in [7, 11) is 5.64. The lowest BCUT2D eigenvalue weighted by molar-refractivity contribution is -0.241. The standard InChI is InChI=1S/C50H72ClN9O15/c1-30(25-33-17-18-34(51)36(26-33)70-7)15-14-24-72-50(71-8)28-37(73-48(69)58-50)31(2)43-49(4,75-43)38(27-39(61)53-5)74-45(66)32(3)59(6)47(68)56-29-40(62)57-35(16-13-22-55-46(52)67)44(65)54-21-11-9-10-12-23-60-41(63)19-20-42(60)64/h14-15,17-20,24,26,31-32,35,37-38,43H,9-13,16,21-23,25,27-29H2,1-8H3,(H,53,61)(H,54,65)(H,56,68)(H,57,62)(H,58,69)(H3,52,55,67)/b24-14+,30-15+. The number of nitrogens with two attached hydrogens (primary N) is 1. The molecule has 8 atom stereocenters. The Hall–Kier alpha value is -6.92. The SMILES string of the molecule is CNC(=O)CC(OC(=O)C(C)N(C)C(=O)NCC(=O)NC(CCCNC(N)=O)C(=O)NCCCCCCN1C(=O)C=CC1=O)C1(C)OC1C(C)C1CC(OC)(O/C=C/C=C(\C)Cc2ccc(Cl)c(OC)c2)NC(=O)O1. The number of unbranched alkanes of at least 4 members (excludes halogenated alkanes) is 3. The Labute approximate surface area is 441 Å². The molecule has 0 aromatic heterocycles. The van der Waals surface area contributed by atoms with Gasteiger partial charge in [-0.25, -0.2) is 19.2 Å². The molecule has 414 valence electrons. The average Bonchev–Trinajstić information content (AvgIpc) is 3.98. The van der Waals surface area contributed by atoms with Crippen molar-refractivity contribution in [3.63, 3.8) is 0 Å². The van der Waals surface area contributed by atoms with Crippen LogP contribution in [-0.4, -0.2) is 160 Å². The third-order valence-corrected chi connectivity index (χ3v) is 13.4. The molecule has 0 bridgehead atoms. The molecule has 75 heavy (non-hydrogen) atoms. The third-order valence-electron chi connectivity index (χ3n) is 13.0. The number of likely N-dealkylation sites (N-methyl/N-ethyl adjacent to an activating group) is 1. The van der Waals surface area contributed by atoms with Gasteiger partial charge in [-0.05, 0) is 76.6 Å². The van der Waals surface area contributed by atoms with Crippen molar-refractivity contribution in [2.45, 2.75) is 127 Å². The van der Waals surface area contributed by atoms with Gasteiger partial charge in [0, 0.05) is 58.9 Å². The number of ether oxygens (including phenoxy) is 6. The Kier molecular flexibility index (Phi) is 23.2. The van der Waals surface area contributed by atoms with E-state index in [0.717, 1.165) is 16.0 Å². The summed E-state index contributed by atoms with van der Waals surface area (Å²) in [5, 5.41) is 15.8. The highest BCUT2D eigenvalue weighted by Gasteiger charge is 2.64. The first-order valence-electron chi connectivity index (χ1n) is 24.7. The van der Waals surface area contributed by atoms with Gasteiger partial charge >= 0.3 is 24.1 Å². The zero-order valence-electron chi connectivity index (χ0n) is 43.7. The molecule has 25 heteroatoms. The lowest BCUT2D eigenvalue weighted by Crippen LogP contribution is -2.60. The van der Waals surface area contributed by atoms with Crippen LogP contribution >= 0.6 is 11.6 Å². The minimum Gasteiger partial charge on any atom is -0.495 e. The number of hydrogen-bond donors (Lipinski definition) is 7. The van der Waals surface area contributed by atoms with Crippen molar-refractivity contribution in [1.29, 1.82) is 0 Å². The summed E-state index contributed by atoms with van der Waals surface area (Å²) >= 11 is 6.16. The Morgan fingerprint density at radius 2 is 1.68 bits per heavy atom. The van der Waals surface area contributed by atoms with Crippen LogP contribution in [0.2, 0.25) is 5.02 Å². The number of cyclic esters (lactones) is 1. The minimum absolute atomic E-state index is 0.0111. The number of allylic oxidation sites excluding steroid dienone is 3. The van der Waals surface area contributed by atoms with E-state index < -0.39 is 96.2 Å². The van der Waals surface area contributed by atoms with Crippen LogP contribution in [-0.2, 0) is 58.9 Å². The van der Waals surface area contributed by atoms with Crippen molar-refractivity contribution in [1.82, 2.24) is 41.7 Å². The normalized spacial score (nSPS) is 21.7. The maximum Gasteiger partial charge on any atom is 0.412 e. The smallest absolute Gasteiger partial charge is 0.412 e. The molecule has 0 spiro atoms. The minimum atomic E-state index is -1.62. The second kappa shape index (κ2) is 28.7. The van der Waals surface area contributed by atoms with Gasteiger partial charge in [-0.3, -0.25) is 34.2 Å². The number of urea groups is 2. The van der Waals surface area contributed by atoms with Gasteiger partial charge in [0.1, 0.15) is 35.6 Å². The Bertz CT molecular complexity index is 2320. The van der Waals surface area contributed by atoms with Crippen molar-refractivity contribution in [3.05, 3.63) is 64.9 Å². The number of carbonyl (C=O) groups excluding carboxylic acids is 9. The van der Waals surface area contributed by atoms with Crippen LogP contribution in [0.5, 0.6) is 5.75 Å². The van der Waals surface area contributed by atoms with Gasteiger partial charge in [0.15, 0.2) is 0 Å². The first kappa shape index (κ1) is 60.6. The van der Waals surface area contributed by atoms with Gasteiger partial charge in [-0.15, -0.1) is 0 Å². The van der Waals surface area contributed by atoms with Crippen molar-refractivity contribution in [3.8, 4) is 5.75 Å². The fraction of sp³-hybridized carbons (Fsp3) is 0.580. The highest BCUT2D eigenvalue weighted by molar-refractivity contribution is 6.32. The number of methoxy groups -OCH3 is 2. The van der Waals surface area contributed by atoms with Gasteiger partial charge in [0.25, 0.3) is 17.7 Å². The Balaban J connectivity index is 1.29. The second-order valence-corrected chi connectivity index (χ2v) is 19.0. The number of rotatable bonds is 30. The topological polar surface area (TPSA) is 317 Å². The summed E-state index contributed by atoms with van der Waals surface area (Å²) in [4.78, 5) is 116. The molecule has 1 aromatic rings. The highest BCUT2D eigenvalue weighted by Crippen LogP contribution is 2.49. The van der Waals surface area contributed by atoms with E-state index in [1.54, 1.807) is 33.1 Å². The summed E-state index contributed by atoms with van der Waals surface area (Å²) < 4.78 is 34.7. The van der Waals surface area contributed by atoms with E-state index in [0.29, 0.717) is 49.4 Å². The molecule has 3 heterocycles. The van der Waals surface area contributed by atoms with Gasteiger partial charge in [0.05, 0.1) is 43.9 Å². The van der Waals surface area contributed by atoms with Crippen LogP contribution in [0.1, 0.15) is 84.6 Å². The molecule has 0 radical (unpaired) electrons. The molecule has 10 amide bonds. The number of amides is 10. The molecule has 3 aliphatic rings. The first-order chi connectivity index (χ1) is 35.6. The van der Waals surface area contributed by atoms with Gasteiger partial charge in [-0.1, -0.05) is 49.1 Å². The lowest BCUT2D eigenvalue weighted by atomic mass is 9.86. The third kappa shape index (κ3) is 18.2. The first-order valence-corrected chi connectivity index (χ1v) is 25.0. The molecule has 0 saturated carbocycles. The number of primary amides is 1. The molecular formula is C50H72ClN9O15. The molecular weight excluding hydrogens is 1000 g/mol. The van der Waals surface area contributed by atoms with Crippen LogP contribution < -0.4 is 42.4 Å². The van der Waals surface area contributed by atoms with E-state index in [1.807, 2.05) is 25.1 Å². The van der Waals surface area contributed by atoms with E-state index in [1.165, 1.54) is 51.4 Å². The number of imide groups is 1. The van der Waals surface area contributed by atoms with E-state index in [-0.39, 0.29) is 50.6 Å². The van der Waals surface area contributed by atoms with Crippen molar-refractivity contribution in [2.24, 2.45) is 11.7 Å². The van der Waals surface area contributed by atoms with Crippen LogP contribution in [0.4, 0.5) is 14.4 Å². The molecule has 2 saturated heterocycles. The quantitative estimate of drug-likeness (QED) is 0.0111. The number of carbonyl (C=O) groups is 9. The molecule has 8 unspecified atom stereocenters. The zero-order chi connectivity index (χ0) is 55.5. The largest absolute Gasteiger partial charge is 0.495 e. The highest BCUT2D eigenvalue weighted by atomic mass is 35.5. The average molecular weight is 1070 g/mol. The predicted molar refractivity (Wildman–Crippen MR) is 271 cm³/mol. The van der Waals surface area contributed by atoms with Crippen LogP contribution in [0, 0.1) is 5.92 Å². The van der Waals surface area contributed by atoms with E-state index in [2.05, 4.69) is 31.9 Å². The van der Waals surface area contributed by atoms with Gasteiger partial charge < -0.3 is 65.6 Å². The monoisotopic (exact) mass is 1070 g/mol. The molecule has 24 nitrogen and oxygen atoms in total. The van der Waals surface area contributed by atoms with E-state index in [9.17, 15) is 43.2 Å². The van der Waals surface area contributed by atoms with Crippen molar-refractivity contribution >= 4 is 65.3 Å². The predicted octanol–water partition coefficient (Wildman–Crippen LogP) is 2.57. The maximum atomic E-state index is 13.7. The van der Waals surface area contributed by atoms with Crippen molar-refractivity contribution in [2.75, 3.05) is 54.5 Å². The van der Waals surface area contributed by atoms with Crippen LogP contribution in [0.3, 0.4) is 0 Å². The number of nitrogens with one attached hydrogen (secondary N) is 6. The molecule has 0 aliphatic carbocycles. The second-order valence-electron chi connectivity index (χ2n) is 18.6. The van der Waals surface area contributed by atoms with Crippen LogP contribution in [0.15, 0.2) is 54.3 Å². The number of esters is 1. The fourth-order valence-corrected chi connectivity index (χ4v) is 8.55. The number of hydrogen-bond acceptors (Lipinski definition) is 15. The summed E-state index contributed by atoms with van der Waals surface area (Å²) in [6.45, 7) is 6.89. The fourth-order valence-electron chi connectivity index (χ4n) is 8.36. The molecule has 1 aromatic carbocycles. The number of nitrogens with zero attached hydrogens (tertiary/aromatic N) is 2. The molecule has 3 aliphatic heterocycles. The number of benzene rings is 1. The molecule has 4 rings (SSSR count). The van der Waals surface area contributed by atoms with Crippen molar-refractivity contribution < 1.29 is 71.6 Å². The molecule has 8 N–H and O–H groups in total. The molecule has 2 fully saturated rings. The Morgan fingerprint density at radius 1 is 0.987 bits per heavy atom. The Morgan fingerprint density at radius 3 is 2.35 bits per heavy atom. The van der Waals surface area contributed by atoms with E-state index >= 15 is 0 Å². The maximum absolute atomic E-state index is 13.7. The van der Waals surface area contributed by atoms with Gasteiger partial charge in [-0.2, -0.15) is 0 Å². The summed E-state index contributed by atoms with van der Waals surface area (Å²) in [5.74, 6) is -4.88. The summed E-state index contributed by atoms with van der Waals surface area (Å²) in [5.41, 5.74) is 5.87.